The summed E-state index contributed by atoms with van der Waals surface area (Å²) in [5.41, 5.74) is -3.61. The lowest BCUT2D eigenvalue weighted by molar-refractivity contribution is -0.133. The van der Waals surface area contributed by atoms with Crippen LogP contribution in [0.15, 0.2) is 0 Å². The molecule has 8 heteroatoms. The predicted molar refractivity (Wildman–Crippen MR) is 47.7 cm³/mol. The maximum Gasteiger partial charge on any atom is 0.156 e. The summed E-state index contributed by atoms with van der Waals surface area (Å²) >= 11 is 10.0. The molecule has 0 unspecified atom stereocenters. The van der Waals surface area contributed by atoms with E-state index < -0.39 is 35.5 Å². The fourth-order valence-electron chi connectivity index (χ4n) is 0.729. The maximum atomic E-state index is 9.10. The molecule has 6 atom stereocenters. The number of alkyl halides is 2. The zero-order chi connectivity index (χ0) is 11.5. The Bertz CT molecular complexity index is 148. The average Bonchev–Trinajstić information content (AvgIpc) is 2.12. The van der Waals surface area contributed by atoms with Crippen LogP contribution in [0, 0.1) is 0 Å². The quantitative estimate of drug-likeness (QED) is 0.301. The minimum Gasteiger partial charge on any atom is -0.387 e. The molecule has 0 amide bonds. The van der Waals surface area contributed by atoms with E-state index in [1.165, 1.54) is 0 Å². The molecule has 0 rings (SSSR count). The van der Waals surface area contributed by atoms with Gasteiger partial charge in [0.25, 0.3) is 0 Å². The molecular weight excluding hydrogens is 239 g/mol. The summed E-state index contributed by atoms with van der Waals surface area (Å²) in [6, 6.07) is 0. The van der Waals surface area contributed by atoms with Crippen molar-refractivity contribution in [3.8, 4) is 0 Å². The van der Waals surface area contributed by atoms with Crippen LogP contribution in [0.3, 0.4) is 0 Å². The summed E-state index contributed by atoms with van der Waals surface area (Å²) in [6.07, 6.45) is -7.58. The van der Waals surface area contributed by atoms with Gasteiger partial charge < -0.3 is 30.6 Å². The number of aliphatic hydroxyl groups excluding tert-OH is 6. The monoisotopic (exact) mass is 250 g/mol. The van der Waals surface area contributed by atoms with Crippen molar-refractivity contribution >= 4 is 23.2 Å². The molecule has 6 nitrogen and oxygen atoms in total. The fourth-order valence-corrected chi connectivity index (χ4v) is 1.03. The molecule has 0 saturated carbocycles. The molecule has 0 aromatic heterocycles. The number of hydrogen-bond donors (Lipinski definition) is 6. The Kier molecular flexibility index (Phi) is 6.19. The topological polar surface area (TPSA) is 121 Å². The number of rotatable bonds is 5. The highest BCUT2D eigenvalue weighted by molar-refractivity contribution is 6.20. The summed E-state index contributed by atoms with van der Waals surface area (Å²) in [7, 11) is 0. The molecule has 0 aromatic carbocycles. The van der Waals surface area contributed by atoms with Crippen LogP contribution < -0.4 is 0 Å². The molecule has 0 radical (unpaired) electrons. The highest BCUT2D eigenvalue weighted by atomic mass is 35.5. The molecule has 0 aliphatic carbocycles. The molecular formula is C6H12Cl2O6. The summed E-state index contributed by atoms with van der Waals surface area (Å²) < 4.78 is 0. The molecule has 0 heterocycles. The second-order valence-corrected chi connectivity index (χ2v) is 3.60. The van der Waals surface area contributed by atoms with Crippen molar-refractivity contribution in [3.63, 3.8) is 0 Å². The molecule has 86 valence electrons. The van der Waals surface area contributed by atoms with Gasteiger partial charge in [-0.25, -0.2) is 0 Å². The lowest BCUT2D eigenvalue weighted by atomic mass is 10.0. The second-order valence-electron chi connectivity index (χ2n) is 2.71. The molecule has 0 aliphatic heterocycles. The number of hydrogen-bond acceptors (Lipinski definition) is 6. The van der Waals surface area contributed by atoms with Gasteiger partial charge in [0.15, 0.2) is 11.1 Å². The first-order valence-electron chi connectivity index (χ1n) is 3.65. The molecule has 0 aliphatic rings. The van der Waals surface area contributed by atoms with E-state index in [1.54, 1.807) is 0 Å². The third-order valence-electron chi connectivity index (χ3n) is 1.61. The van der Waals surface area contributed by atoms with Gasteiger partial charge in [0.2, 0.25) is 0 Å². The highest BCUT2D eigenvalue weighted by Crippen LogP contribution is 2.13. The Balaban J connectivity index is 4.30. The van der Waals surface area contributed by atoms with Crippen molar-refractivity contribution in [2.45, 2.75) is 35.5 Å². The van der Waals surface area contributed by atoms with E-state index in [0.29, 0.717) is 0 Å². The molecule has 0 bridgehead atoms. The van der Waals surface area contributed by atoms with Gasteiger partial charge in [-0.05, 0) is 0 Å². The Hall–Kier alpha value is 0.340. The summed E-state index contributed by atoms with van der Waals surface area (Å²) in [4.78, 5) is 0. The molecule has 0 spiro atoms. The van der Waals surface area contributed by atoms with Gasteiger partial charge in [0.05, 0.1) is 0 Å². The lowest BCUT2D eigenvalue weighted by Crippen LogP contribution is -2.50. The largest absolute Gasteiger partial charge is 0.387 e. The van der Waals surface area contributed by atoms with Crippen LogP contribution in [0.1, 0.15) is 0 Å². The van der Waals surface area contributed by atoms with E-state index in [1.807, 2.05) is 0 Å². The summed E-state index contributed by atoms with van der Waals surface area (Å²) in [5, 5.41) is 53.4. The zero-order valence-electron chi connectivity index (χ0n) is 6.90. The van der Waals surface area contributed by atoms with E-state index in [4.69, 9.17) is 53.8 Å². The first-order valence-corrected chi connectivity index (χ1v) is 4.53. The highest BCUT2D eigenvalue weighted by Gasteiger charge is 2.35. The van der Waals surface area contributed by atoms with Gasteiger partial charge in [-0.2, -0.15) is 0 Å². The zero-order valence-corrected chi connectivity index (χ0v) is 8.42. The van der Waals surface area contributed by atoms with Crippen molar-refractivity contribution in [1.82, 2.24) is 0 Å². The van der Waals surface area contributed by atoms with E-state index in [0.717, 1.165) is 0 Å². The van der Waals surface area contributed by atoms with Gasteiger partial charge in [0.1, 0.15) is 24.4 Å². The normalized spacial score (nSPS) is 24.9. The van der Waals surface area contributed by atoms with Gasteiger partial charge in [0, 0.05) is 0 Å². The van der Waals surface area contributed by atoms with Crippen LogP contribution in [0.25, 0.3) is 0 Å². The number of aliphatic hydroxyl groups is 6. The van der Waals surface area contributed by atoms with Crippen molar-refractivity contribution in [1.29, 1.82) is 0 Å². The van der Waals surface area contributed by atoms with E-state index in [2.05, 4.69) is 0 Å². The standard InChI is InChI=1S/C6H12Cl2O6/c7-5(13)3(11)1(9)2(10)4(12)6(8)14/h1-6,9-14H/t1-,2-,3-,4-,5+,6+/m0/s1. The molecule has 6 N–H and O–H groups in total. The Labute approximate surface area is 89.9 Å². The molecule has 0 aromatic rings. The SMILES string of the molecule is O[C@@H]([C@H](O)[C@H](O)[C@@H](O)Cl)[C@H](O)[C@@H](O)Cl. The van der Waals surface area contributed by atoms with Crippen LogP contribution in [-0.2, 0) is 0 Å². The average molecular weight is 251 g/mol. The third kappa shape index (κ3) is 3.84. The number of halogens is 2. The van der Waals surface area contributed by atoms with Crippen LogP contribution in [0.4, 0.5) is 0 Å². The third-order valence-corrected chi connectivity index (χ3v) is 2.13. The van der Waals surface area contributed by atoms with E-state index in [-0.39, 0.29) is 0 Å². The fraction of sp³-hybridized carbons (Fsp3) is 1.00. The van der Waals surface area contributed by atoms with Crippen LogP contribution in [-0.4, -0.2) is 66.2 Å². The van der Waals surface area contributed by atoms with Crippen molar-refractivity contribution in [2.24, 2.45) is 0 Å². The van der Waals surface area contributed by atoms with Gasteiger partial charge in [-0.3, -0.25) is 0 Å². The maximum absolute atomic E-state index is 9.10. The Morgan fingerprint density at radius 2 is 0.714 bits per heavy atom. The smallest absolute Gasteiger partial charge is 0.156 e. The minimum absolute atomic E-state index is 1.81. The molecule has 14 heavy (non-hydrogen) atoms. The van der Waals surface area contributed by atoms with E-state index >= 15 is 0 Å². The molecule has 0 fully saturated rings. The van der Waals surface area contributed by atoms with Gasteiger partial charge in [-0.15, -0.1) is 0 Å². The van der Waals surface area contributed by atoms with Crippen LogP contribution in [0.5, 0.6) is 0 Å². The molecule has 0 saturated heterocycles. The predicted octanol–water partition coefficient (Wildman–Crippen LogP) is -2.46. The van der Waals surface area contributed by atoms with E-state index in [9.17, 15) is 0 Å². The summed E-state index contributed by atoms with van der Waals surface area (Å²) in [5.74, 6) is 0. The van der Waals surface area contributed by atoms with Crippen molar-refractivity contribution in [2.75, 3.05) is 0 Å². The van der Waals surface area contributed by atoms with Crippen LogP contribution >= 0.6 is 23.2 Å². The summed E-state index contributed by atoms with van der Waals surface area (Å²) in [6.45, 7) is 0. The van der Waals surface area contributed by atoms with Gasteiger partial charge >= 0.3 is 0 Å². The minimum atomic E-state index is -1.93. The first-order chi connectivity index (χ1) is 6.29. The van der Waals surface area contributed by atoms with Crippen molar-refractivity contribution in [3.05, 3.63) is 0 Å². The van der Waals surface area contributed by atoms with Crippen molar-refractivity contribution < 1.29 is 30.6 Å². The second kappa shape index (κ2) is 6.04. The first kappa shape index (κ1) is 14.3. The Morgan fingerprint density at radius 1 is 0.500 bits per heavy atom. The van der Waals surface area contributed by atoms with Gasteiger partial charge in [-0.1, -0.05) is 23.2 Å². The van der Waals surface area contributed by atoms with Crippen LogP contribution in [0.2, 0.25) is 0 Å². The Morgan fingerprint density at radius 3 is 0.857 bits per heavy atom. The lowest BCUT2D eigenvalue weighted by Gasteiger charge is -2.27.